The van der Waals surface area contributed by atoms with E-state index in [1.807, 2.05) is 0 Å². The van der Waals surface area contributed by atoms with Crippen LogP contribution >= 0.6 is 0 Å². The standard InChI is InChI=1S/C11H21N5O/c1-16-14-10(13-15-16)8-17-11(9-12)6-4-2-3-5-7-11/h2-9,12H2,1H3. The maximum absolute atomic E-state index is 6.00. The van der Waals surface area contributed by atoms with E-state index < -0.39 is 0 Å². The Morgan fingerprint density at radius 2 is 2.00 bits per heavy atom. The van der Waals surface area contributed by atoms with Crippen molar-refractivity contribution in [3.05, 3.63) is 5.82 Å². The maximum atomic E-state index is 6.00. The number of aromatic nitrogens is 4. The van der Waals surface area contributed by atoms with Crippen LogP contribution in [0.25, 0.3) is 0 Å². The zero-order valence-electron chi connectivity index (χ0n) is 10.4. The maximum Gasteiger partial charge on any atom is 0.200 e. The van der Waals surface area contributed by atoms with E-state index in [0.29, 0.717) is 19.0 Å². The lowest BCUT2D eigenvalue weighted by Gasteiger charge is -2.31. The Morgan fingerprint density at radius 3 is 2.53 bits per heavy atom. The van der Waals surface area contributed by atoms with Crippen molar-refractivity contribution in [2.24, 2.45) is 12.8 Å². The Morgan fingerprint density at radius 1 is 1.29 bits per heavy atom. The first-order chi connectivity index (χ1) is 8.24. The van der Waals surface area contributed by atoms with Gasteiger partial charge in [-0.1, -0.05) is 25.7 Å². The molecule has 0 spiro atoms. The number of nitrogens with two attached hydrogens (primary N) is 1. The molecule has 0 atom stereocenters. The van der Waals surface area contributed by atoms with E-state index in [0.717, 1.165) is 12.8 Å². The molecule has 1 aromatic heterocycles. The third-order valence-electron chi connectivity index (χ3n) is 3.44. The number of rotatable bonds is 4. The number of ether oxygens (including phenoxy) is 1. The summed E-state index contributed by atoms with van der Waals surface area (Å²) in [5, 5.41) is 11.8. The summed E-state index contributed by atoms with van der Waals surface area (Å²) in [6.07, 6.45) is 7.06. The molecule has 6 heteroatoms. The van der Waals surface area contributed by atoms with Crippen molar-refractivity contribution in [3.63, 3.8) is 0 Å². The van der Waals surface area contributed by atoms with E-state index in [4.69, 9.17) is 10.5 Å². The van der Waals surface area contributed by atoms with Crippen LogP contribution < -0.4 is 5.73 Å². The topological polar surface area (TPSA) is 78.8 Å². The van der Waals surface area contributed by atoms with Gasteiger partial charge in [0.05, 0.1) is 12.6 Å². The summed E-state index contributed by atoms with van der Waals surface area (Å²) in [4.78, 5) is 1.45. The van der Waals surface area contributed by atoms with E-state index in [1.54, 1.807) is 7.05 Å². The first-order valence-corrected chi connectivity index (χ1v) is 6.31. The van der Waals surface area contributed by atoms with Crippen molar-refractivity contribution in [3.8, 4) is 0 Å². The molecule has 96 valence electrons. The number of aryl methyl sites for hydroxylation is 1. The van der Waals surface area contributed by atoms with Gasteiger partial charge in [0.15, 0.2) is 5.82 Å². The molecule has 0 amide bonds. The van der Waals surface area contributed by atoms with Crippen LogP contribution in [0.2, 0.25) is 0 Å². The van der Waals surface area contributed by atoms with E-state index in [2.05, 4.69) is 15.4 Å². The highest BCUT2D eigenvalue weighted by Crippen LogP contribution is 2.30. The first-order valence-electron chi connectivity index (χ1n) is 6.31. The molecule has 2 rings (SSSR count). The lowest BCUT2D eigenvalue weighted by molar-refractivity contribution is -0.0627. The van der Waals surface area contributed by atoms with Gasteiger partial charge in [-0.3, -0.25) is 0 Å². The molecule has 0 unspecified atom stereocenters. The molecule has 1 fully saturated rings. The smallest absolute Gasteiger partial charge is 0.200 e. The summed E-state index contributed by atoms with van der Waals surface area (Å²) >= 11 is 0. The minimum atomic E-state index is -0.171. The predicted molar refractivity (Wildman–Crippen MR) is 63.1 cm³/mol. The lowest BCUT2D eigenvalue weighted by atomic mass is 9.94. The van der Waals surface area contributed by atoms with Crippen molar-refractivity contribution in [1.82, 2.24) is 20.2 Å². The van der Waals surface area contributed by atoms with E-state index in [1.165, 1.54) is 30.5 Å². The highest BCUT2D eigenvalue weighted by molar-refractivity contribution is 4.85. The molecule has 17 heavy (non-hydrogen) atoms. The van der Waals surface area contributed by atoms with Crippen LogP contribution in [0.3, 0.4) is 0 Å². The Kier molecular flexibility index (Phi) is 4.06. The summed E-state index contributed by atoms with van der Waals surface area (Å²) < 4.78 is 6.00. The fraction of sp³-hybridized carbons (Fsp3) is 0.909. The Bertz CT molecular complexity index is 343. The Balaban J connectivity index is 1.93. The molecule has 0 aromatic carbocycles. The summed E-state index contributed by atoms with van der Waals surface area (Å²) in [5.41, 5.74) is 5.72. The quantitative estimate of drug-likeness (QED) is 0.785. The molecule has 6 nitrogen and oxygen atoms in total. The molecule has 0 radical (unpaired) electrons. The van der Waals surface area contributed by atoms with Crippen LogP contribution in [0.15, 0.2) is 0 Å². The van der Waals surface area contributed by atoms with Crippen LogP contribution in [-0.2, 0) is 18.4 Å². The molecule has 2 N–H and O–H groups in total. The van der Waals surface area contributed by atoms with Gasteiger partial charge in [0.25, 0.3) is 0 Å². The minimum Gasteiger partial charge on any atom is -0.366 e. The van der Waals surface area contributed by atoms with Crippen molar-refractivity contribution in [2.45, 2.75) is 50.7 Å². The molecule has 1 aromatic rings. The second kappa shape index (κ2) is 5.55. The molecular weight excluding hydrogens is 218 g/mol. The number of hydrogen-bond donors (Lipinski definition) is 1. The number of tetrazole rings is 1. The average Bonchev–Trinajstić information content (AvgIpc) is 2.63. The van der Waals surface area contributed by atoms with Gasteiger partial charge in [0, 0.05) is 6.54 Å². The molecule has 0 bridgehead atoms. The molecule has 0 saturated heterocycles. The zero-order valence-corrected chi connectivity index (χ0v) is 10.4. The van der Waals surface area contributed by atoms with Crippen LogP contribution in [0.1, 0.15) is 44.3 Å². The van der Waals surface area contributed by atoms with Crippen LogP contribution in [-0.4, -0.2) is 32.4 Å². The third kappa shape index (κ3) is 3.23. The second-order valence-corrected chi connectivity index (χ2v) is 4.79. The van der Waals surface area contributed by atoms with Gasteiger partial charge in [-0.15, -0.1) is 10.2 Å². The molecule has 1 aliphatic rings. The van der Waals surface area contributed by atoms with Crippen molar-refractivity contribution >= 4 is 0 Å². The van der Waals surface area contributed by atoms with Gasteiger partial charge in [-0.2, -0.15) is 4.80 Å². The van der Waals surface area contributed by atoms with Crippen LogP contribution in [0, 0.1) is 0 Å². The Labute approximate surface area is 102 Å². The molecular formula is C11H21N5O. The van der Waals surface area contributed by atoms with Gasteiger partial charge in [0.1, 0.15) is 6.61 Å². The van der Waals surface area contributed by atoms with Gasteiger partial charge in [0.2, 0.25) is 0 Å². The second-order valence-electron chi connectivity index (χ2n) is 4.79. The average molecular weight is 239 g/mol. The van der Waals surface area contributed by atoms with E-state index >= 15 is 0 Å². The van der Waals surface area contributed by atoms with Crippen molar-refractivity contribution in [1.29, 1.82) is 0 Å². The fourth-order valence-electron chi connectivity index (χ4n) is 2.38. The summed E-state index contributed by atoms with van der Waals surface area (Å²) in [6.45, 7) is 0.984. The third-order valence-corrected chi connectivity index (χ3v) is 3.44. The Hall–Kier alpha value is -1.01. The molecule has 1 heterocycles. The van der Waals surface area contributed by atoms with Gasteiger partial charge < -0.3 is 10.5 Å². The zero-order chi connectivity index (χ0) is 12.1. The largest absolute Gasteiger partial charge is 0.366 e. The normalized spacial score (nSPS) is 20.1. The van der Waals surface area contributed by atoms with Crippen molar-refractivity contribution in [2.75, 3.05) is 6.54 Å². The van der Waals surface area contributed by atoms with Crippen LogP contribution in [0.4, 0.5) is 0 Å². The van der Waals surface area contributed by atoms with E-state index in [-0.39, 0.29) is 5.60 Å². The highest BCUT2D eigenvalue weighted by atomic mass is 16.5. The lowest BCUT2D eigenvalue weighted by Crippen LogP contribution is -2.40. The SMILES string of the molecule is Cn1nnc(COC2(CN)CCCCCC2)n1. The number of hydrogen-bond acceptors (Lipinski definition) is 5. The van der Waals surface area contributed by atoms with Gasteiger partial charge >= 0.3 is 0 Å². The van der Waals surface area contributed by atoms with Crippen molar-refractivity contribution < 1.29 is 4.74 Å². The fourth-order valence-corrected chi connectivity index (χ4v) is 2.38. The molecule has 1 saturated carbocycles. The van der Waals surface area contributed by atoms with Crippen LogP contribution in [0.5, 0.6) is 0 Å². The summed E-state index contributed by atoms with van der Waals surface area (Å²) in [7, 11) is 1.75. The summed E-state index contributed by atoms with van der Waals surface area (Å²) in [5.74, 6) is 0.629. The van der Waals surface area contributed by atoms with Gasteiger partial charge in [-0.25, -0.2) is 0 Å². The van der Waals surface area contributed by atoms with E-state index in [9.17, 15) is 0 Å². The highest BCUT2D eigenvalue weighted by Gasteiger charge is 2.30. The predicted octanol–water partition coefficient (Wildman–Crippen LogP) is 0.778. The van der Waals surface area contributed by atoms with Gasteiger partial charge in [-0.05, 0) is 18.1 Å². The molecule has 1 aliphatic carbocycles. The monoisotopic (exact) mass is 239 g/mol. The molecule has 0 aliphatic heterocycles. The first kappa shape index (κ1) is 12.4. The number of nitrogens with zero attached hydrogens (tertiary/aromatic N) is 4. The minimum absolute atomic E-state index is 0.171. The summed E-state index contributed by atoms with van der Waals surface area (Å²) in [6, 6.07) is 0.